The van der Waals surface area contributed by atoms with E-state index in [1.807, 2.05) is 0 Å². The quantitative estimate of drug-likeness (QED) is 0.386. The molecule has 0 unspecified atom stereocenters. The number of rotatable bonds is 5. The van der Waals surface area contributed by atoms with Gasteiger partial charge in [-0.3, -0.25) is 4.79 Å². The summed E-state index contributed by atoms with van der Waals surface area (Å²) in [6.07, 6.45) is 0. The fraction of sp³-hybridized carbons (Fsp3) is 0.308. The third kappa shape index (κ3) is 2.85. The van der Waals surface area contributed by atoms with Gasteiger partial charge in [0.1, 0.15) is 11.2 Å². The molecule has 2 rings (SSSR count). The smallest absolute Gasteiger partial charge is 0.282 e. The van der Waals surface area contributed by atoms with E-state index in [-0.39, 0.29) is 18.1 Å². The molecule has 0 fully saturated rings. The number of Topliss-reactive ketones (excluding diaryl/α,β-unsaturated/α-hetero) is 1. The van der Waals surface area contributed by atoms with Gasteiger partial charge >= 0.3 is 0 Å². The molecule has 1 heterocycles. The lowest BCUT2D eigenvalue weighted by atomic mass is 10.2. The van der Waals surface area contributed by atoms with E-state index >= 15 is 0 Å². The summed E-state index contributed by atoms with van der Waals surface area (Å²) in [5.41, 5.74) is 1.52. The standard InChI is InChI=1S/C13H14N2O3S/c1-9(17)13-11(8-19-7-6-16)14-10-4-2-3-5-12(10)15(13)18/h2-5,16H,6-8H2,1H3. The molecule has 19 heavy (non-hydrogen) atoms. The third-order valence-electron chi connectivity index (χ3n) is 2.64. The molecule has 5 nitrogen and oxygen atoms in total. The summed E-state index contributed by atoms with van der Waals surface area (Å²) < 4.78 is 0.652. The highest BCUT2D eigenvalue weighted by Crippen LogP contribution is 2.16. The van der Waals surface area contributed by atoms with E-state index in [9.17, 15) is 10.0 Å². The molecule has 0 aliphatic carbocycles. The Kier molecular flexibility index (Phi) is 4.34. The minimum Gasteiger partial charge on any atom is -0.618 e. The van der Waals surface area contributed by atoms with Crippen molar-refractivity contribution in [2.45, 2.75) is 12.7 Å². The summed E-state index contributed by atoms with van der Waals surface area (Å²) in [4.78, 5) is 16.0. The van der Waals surface area contributed by atoms with Crippen molar-refractivity contribution in [3.63, 3.8) is 0 Å². The van der Waals surface area contributed by atoms with Crippen molar-refractivity contribution < 1.29 is 14.6 Å². The Balaban J connectivity index is 2.53. The number of nitrogens with zero attached hydrogens (tertiary/aromatic N) is 2. The molecule has 0 saturated carbocycles. The number of ketones is 1. The number of carbonyl (C=O) groups excluding carboxylic acids is 1. The zero-order chi connectivity index (χ0) is 13.8. The largest absolute Gasteiger partial charge is 0.618 e. The molecule has 1 aromatic carbocycles. The molecule has 0 amide bonds. The fourth-order valence-corrected chi connectivity index (χ4v) is 2.51. The first kappa shape index (κ1) is 13.8. The van der Waals surface area contributed by atoms with Gasteiger partial charge in [0, 0.05) is 24.5 Å². The second kappa shape index (κ2) is 5.99. The second-order valence-electron chi connectivity index (χ2n) is 4.02. The molecule has 0 aliphatic heterocycles. The number of thioether (sulfide) groups is 1. The van der Waals surface area contributed by atoms with E-state index in [4.69, 9.17) is 5.11 Å². The van der Waals surface area contributed by atoms with Gasteiger partial charge in [0.15, 0.2) is 0 Å². The number of benzene rings is 1. The molecule has 2 aromatic rings. The monoisotopic (exact) mass is 278 g/mol. The Morgan fingerprint density at radius 2 is 2.21 bits per heavy atom. The number of para-hydroxylation sites is 2. The number of carbonyl (C=O) groups is 1. The van der Waals surface area contributed by atoms with Crippen molar-refractivity contribution in [1.82, 2.24) is 4.98 Å². The average molecular weight is 278 g/mol. The van der Waals surface area contributed by atoms with Crippen LogP contribution in [0, 0.1) is 5.21 Å². The normalized spacial score (nSPS) is 10.8. The molecular formula is C13H14N2O3S. The van der Waals surface area contributed by atoms with Gasteiger partial charge in [0.2, 0.25) is 11.3 Å². The first-order chi connectivity index (χ1) is 9.15. The van der Waals surface area contributed by atoms with E-state index in [1.54, 1.807) is 24.3 Å². The van der Waals surface area contributed by atoms with Crippen LogP contribution in [0.3, 0.4) is 0 Å². The Labute approximate surface area is 114 Å². The topological polar surface area (TPSA) is 77.1 Å². The second-order valence-corrected chi connectivity index (χ2v) is 5.13. The molecule has 100 valence electrons. The molecule has 0 radical (unpaired) electrons. The molecule has 0 saturated heterocycles. The predicted octanol–water partition coefficient (Wildman–Crippen LogP) is 1.30. The molecule has 1 N–H and O–H groups in total. The summed E-state index contributed by atoms with van der Waals surface area (Å²) in [5.74, 6) is 0.681. The lowest BCUT2D eigenvalue weighted by Gasteiger charge is -2.09. The van der Waals surface area contributed by atoms with Crippen LogP contribution < -0.4 is 4.73 Å². The summed E-state index contributed by atoms with van der Waals surface area (Å²) in [6, 6.07) is 6.93. The van der Waals surface area contributed by atoms with Crippen molar-refractivity contribution in [3.05, 3.63) is 40.9 Å². The minimum absolute atomic E-state index is 0.0605. The Bertz CT molecular complexity index is 616. The van der Waals surface area contributed by atoms with Crippen LogP contribution in [0.25, 0.3) is 11.0 Å². The van der Waals surface area contributed by atoms with Gasteiger partial charge in [-0.15, -0.1) is 0 Å². The third-order valence-corrected chi connectivity index (χ3v) is 3.59. The SMILES string of the molecule is CC(=O)c1c(CSCCO)nc2ccccc2[n+]1[O-]. The maximum atomic E-state index is 12.2. The zero-order valence-electron chi connectivity index (χ0n) is 10.5. The van der Waals surface area contributed by atoms with Gasteiger partial charge in [0.05, 0.1) is 6.61 Å². The predicted molar refractivity (Wildman–Crippen MR) is 74.0 cm³/mol. The van der Waals surface area contributed by atoms with Crippen LogP contribution in [0.2, 0.25) is 0 Å². The van der Waals surface area contributed by atoms with Gasteiger partial charge < -0.3 is 10.3 Å². The maximum Gasteiger partial charge on any atom is 0.282 e. The molecule has 0 spiro atoms. The van der Waals surface area contributed by atoms with Crippen molar-refractivity contribution in [2.24, 2.45) is 0 Å². The maximum absolute atomic E-state index is 12.2. The molecule has 0 atom stereocenters. The Hall–Kier alpha value is -1.66. The number of aliphatic hydroxyl groups excluding tert-OH is 1. The van der Waals surface area contributed by atoms with Crippen LogP contribution in [0.4, 0.5) is 0 Å². The fourth-order valence-electron chi connectivity index (χ4n) is 1.85. The molecular weight excluding hydrogens is 264 g/mol. The van der Waals surface area contributed by atoms with Crippen molar-refractivity contribution in [1.29, 1.82) is 0 Å². The lowest BCUT2D eigenvalue weighted by Crippen LogP contribution is -2.37. The molecule has 0 bridgehead atoms. The summed E-state index contributed by atoms with van der Waals surface area (Å²) in [7, 11) is 0. The zero-order valence-corrected chi connectivity index (χ0v) is 11.3. The van der Waals surface area contributed by atoms with Crippen LogP contribution in [0.1, 0.15) is 23.1 Å². The lowest BCUT2D eigenvalue weighted by molar-refractivity contribution is -0.580. The Morgan fingerprint density at radius 1 is 1.47 bits per heavy atom. The summed E-state index contributed by atoms with van der Waals surface area (Å²) >= 11 is 1.44. The van der Waals surface area contributed by atoms with Crippen molar-refractivity contribution in [2.75, 3.05) is 12.4 Å². The van der Waals surface area contributed by atoms with Crippen molar-refractivity contribution in [3.8, 4) is 0 Å². The van der Waals surface area contributed by atoms with Crippen LogP contribution in [-0.2, 0) is 5.75 Å². The van der Waals surface area contributed by atoms with Gasteiger partial charge in [-0.25, -0.2) is 4.98 Å². The van der Waals surface area contributed by atoms with E-state index in [0.717, 1.165) is 0 Å². The van der Waals surface area contributed by atoms with E-state index in [1.165, 1.54) is 18.7 Å². The minimum atomic E-state index is -0.298. The highest BCUT2D eigenvalue weighted by molar-refractivity contribution is 7.98. The summed E-state index contributed by atoms with van der Waals surface area (Å²) in [6.45, 7) is 1.42. The number of aromatic nitrogens is 2. The highest BCUT2D eigenvalue weighted by atomic mass is 32.2. The number of hydrogen-bond acceptors (Lipinski definition) is 5. The van der Waals surface area contributed by atoms with E-state index in [0.29, 0.717) is 33.0 Å². The van der Waals surface area contributed by atoms with Crippen LogP contribution >= 0.6 is 11.8 Å². The van der Waals surface area contributed by atoms with Gasteiger partial charge in [0.25, 0.3) is 5.69 Å². The first-order valence-corrected chi connectivity index (χ1v) is 7.01. The van der Waals surface area contributed by atoms with E-state index in [2.05, 4.69) is 4.98 Å². The average Bonchev–Trinajstić information content (AvgIpc) is 2.39. The molecule has 0 aliphatic rings. The van der Waals surface area contributed by atoms with Gasteiger partial charge in [-0.05, 0) is 6.07 Å². The molecule has 1 aromatic heterocycles. The van der Waals surface area contributed by atoms with Crippen LogP contribution in [-0.4, -0.2) is 28.2 Å². The highest BCUT2D eigenvalue weighted by Gasteiger charge is 2.22. The summed E-state index contributed by atoms with van der Waals surface area (Å²) in [5, 5.41) is 21.0. The van der Waals surface area contributed by atoms with Crippen molar-refractivity contribution >= 4 is 28.6 Å². The van der Waals surface area contributed by atoms with E-state index < -0.39 is 0 Å². The first-order valence-electron chi connectivity index (χ1n) is 5.86. The van der Waals surface area contributed by atoms with Crippen LogP contribution in [0.5, 0.6) is 0 Å². The van der Waals surface area contributed by atoms with Gasteiger partial charge in [-0.1, -0.05) is 12.1 Å². The van der Waals surface area contributed by atoms with Crippen LogP contribution in [0.15, 0.2) is 24.3 Å². The Morgan fingerprint density at radius 3 is 2.89 bits per heavy atom. The number of aliphatic hydroxyl groups is 1. The van der Waals surface area contributed by atoms with Gasteiger partial charge in [-0.2, -0.15) is 16.5 Å². The number of fused-ring (bicyclic) bond motifs is 1. The molecule has 6 heteroatoms. The number of hydrogen-bond donors (Lipinski definition) is 1.